The first kappa shape index (κ1) is 22.9. The van der Waals surface area contributed by atoms with Gasteiger partial charge in [-0.05, 0) is 66.1 Å². The Balaban J connectivity index is 1.45. The molecule has 4 atom stereocenters. The number of carbonyl (C=O) groups excluding carboxylic acids is 3. The van der Waals surface area contributed by atoms with E-state index in [1.54, 1.807) is 18.2 Å². The molecule has 7 heteroatoms. The van der Waals surface area contributed by atoms with E-state index >= 15 is 0 Å². The summed E-state index contributed by atoms with van der Waals surface area (Å²) in [6.07, 6.45) is 1.54. The highest BCUT2D eigenvalue weighted by molar-refractivity contribution is 6.31. The summed E-state index contributed by atoms with van der Waals surface area (Å²) >= 11 is 6.53. The maximum atomic E-state index is 14.8. The zero-order valence-electron chi connectivity index (χ0n) is 20.9. The largest absolute Gasteiger partial charge is 0.325 e. The molecular formula is C32H24ClN3O3. The number of halogens is 1. The Labute approximate surface area is 230 Å². The summed E-state index contributed by atoms with van der Waals surface area (Å²) in [7, 11) is 0. The number of hydrogen-bond acceptors (Lipinski definition) is 4. The van der Waals surface area contributed by atoms with Crippen molar-refractivity contribution in [3.63, 3.8) is 0 Å². The van der Waals surface area contributed by atoms with E-state index in [1.165, 1.54) is 0 Å². The molecule has 2 N–H and O–H groups in total. The predicted molar refractivity (Wildman–Crippen MR) is 150 cm³/mol. The van der Waals surface area contributed by atoms with E-state index in [4.69, 9.17) is 11.6 Å². The van der Waals surface area contributed by atoms with Gasteiger partial charge in [0, 0.05) is 33.6 Å². The molecule has 192 valence electrons. The minimum Gasteiger partial charge on any atom is -0.325 e. The van der Waals surface area contributed by atoms with Crippen LogP contribution in [-0.2, 0) is 20.5 Å². The Morgan fingerprint density at radius 2 is 1.56 bits per heavy atom. The number of nitrogens with zero attached hydrogens (tertiary/aromatic N) is 1. The molecule has 0 saturated carbocycles. The quantitative estimate of drug-likeness (QED) is 0.333. The second kappa shape index (κ2) is 7.78. The molecule has 4 heterocycles. The van der Waals surface area contributed by atoms with Crippen LogP contribution >= 0.6 is 11.6 Å². The molecule has 2 fully saturated rings. The number of carbonyl (C=O) groups is 3. The SMILES string of the molecule is O=C(c1ccc2ccccc2c1)[C@@H]1[C@@H]2CCCN2[C@]2(C(=O)Nc3ccc(Cl)cc32)[C@]12C(=O)Nc1ccccc12. The molecule has 39 heavy (non-hydrogen) atoms. The van der Waals surface area contributed by atoms with E-state index in [-0.39, 0.29) is 23.6 Å². The second-order valence-corrected chi connectivity index (χ2v) is 11.4. The van der Waals surface area contributed by atoms with Crippen molar-refractivity contribution in [3.05, 3.63) is 107 Å². The molecule has 4 aliphatic rings. The minimum atomic E-state index is -1.47. The van der Waals surface area contributed by atoms with Crippen molar-refractivity contribution >= 4 is 51.3 Å². The van der Waals surface area contributed by atoms with Gasteiger partial charge < -0.3 is 10.6 Å². The fourth-order valence-corrected chi connectivity index (χ4v) is 8.24. The Hall–Kier alpha value is -4.00. The van der Waals surface area contributed by atoms with Crippen molar-refractivity contribution in [2.24, 2.45) is 5.92 Å². The number of benzene rings is 4. The van der Waals surface area contributed by atoms with Gasteiger partial charge in [0.1, 0.15) is 11.0 Å². The number of para-hydroxylation sites is 1. The van der Waals surface area contributed by atoms with Crippen LogP contribution in [0.1, 0.15) is 34.3 Å². The highest BCUT2D eigenvalue weighted by atomic mass is 35.5. The summed E-state index contributed by atoms with van der Waals surface area (Å²) in [6.45, 7) is 0.600. The van der Waals surface area contributed by atoms with Crippen LogP contribution in [0.15, 0.2) is 84.9 Å². The number of ketones is 1. The minimum absolute atomic E-state index is 0.121. The summed E-state index contributed by atoms with van der Waals surface area (Å²) in [5.41, 5.74) is 0.274. The standard InChI is InChI=1S/C32H24ClN3O3/c33-21-13-14-25-23(17-21)32(30(39)35-25)31(22-8-3-4-9-24(22)34-29(31)38)27(26-10-5-15-36(26)32)28(37)20-12-11-18-6-1-2-7-19(18)16-20/h1-4,6-9,11-14,16-17,26-27H,5,10,15H2,(H,34,38)(H,35,39)/t26-,27-,31-,32+/m0/s1. The Morgan fingerprint density at radius 3 is 2.44 bits per heavy atom. The number of hydrogen-bond donors (Lipinski definition) is 2. The van der Waals surface area contributed by atoms with Crippen LogP contribution in [0, 0.1) is 5.92 Å². The third-order valence-electron chi connectivity index (χ3n) is 9.37. The molecule has 2 spiro atoms. The predicted octanol–water partition coefficient (Wildman–Crippen LogP) is 5.51. The van der Waals surface area contributed by atoms with Crippen molar-refractivity contribution in [1.82, 2.24) is 4.90 Å². The van der Waals surface area contributed by atoms with E-state index in [0.717, 1.165) is 17.2 Å². The number of Topliss-reactive ketones (excluding diaryl/α,β-unsaturated/α-hetero) is 1. The molecule has 2 amide bonds. The first-order valence-electron chi connectivity index (χ1n) is 13.3. The highest BCUT2D eigenvalue weighted by Crippen LogP contribution is 2.68. The van der Waals surface area contributed by atoms with Crippen molar-refractivity contribution in [3.8, 4) is 0 Å². The lowest BCUT2D eigenvalue weighted by atomic mass is 9.57. The van der Waals surface area contributed by atoms with Gasteiger partial charge >= 0.3 is 0 Å². The molecule has 2 saturated heterocycles. The first-order chi connectivity index (χ1) is 19.0. The van der Waals surface area contributed by atoms with Crippen LogP contribution in [0.25, 0.3) is 10.8 Å². The smallest absolute Gasteiger partial charge is 0.251 e. The summed E-state index contributed by atoms with van der Waals surface area (Å²) in [5.74, 6) is -1.50. The lowest BCUT2D eigenvalue weighted by Gasteiger charge is -2.43. The van der Waals surface area contributed by atoms with Crippen LogP contribution in [0.4, 0.5) is 11.4 Å². The molecule has 0 bridgehead atoms. The average Bonchev–Trinajstić information content (AvgIpc) is 3.67. The molecule has 4 aromatic carbocycles. The van der Waals surface area contributed by atoms with Gasteiger partial charge in [0.15, 0.2) is 5.78 Å². The van der Waals surface area contributed by atoms with Crippen molar-refractivity contribution in [1.29, 1.82) is 0 Å². The van der Waals surface area contributed by atoms with Crippen molar-refractivity contribution < 1.29 is 14.4 Å². The van der Waals surface area contributed by atoms with E-state index in [9.17, 15) is 14.4 Å². The third kappa shape index (κ3) is 2.63. The summed E-state index contributed by atoms with van der Waals surface area (Å²) in [6, 6.07) is 26.1. The topological polar surface area (TPSA) is 78.5 Å². The zero-order valence-corrected chi connectivity index (χ0v) is 21.7. The molecular weight excluding hydrogens is 510 g/mol. The van der Waals surface area contributed by atoms with Gasteiger partial charge in [-0.15, -0.1) is 0 Å². The number of fused-ring (bicyclic) bond motifs is 8. The number of anilines is 2. The number of nitrogens with one attached hydrogen (secondary N) is 2. The summed E-state index contributed by atoms with van der Waals surface area (Å²) in [4.78, 5) is 45.9. The van der Waals surface area contributed by atoms with Gasteiger partial charge in [0.25, 0.3) is 5.91 Å². The molecule has 6 nitrogen and oxygen atoms in total. The highest BCUT2D eigenvalue weighted by Gasteiger charge is 2.81. The zero-order chi connectivity index (χ0) is 26.5. The van der Waals surface area contributed by atoms with Crippen LogP contribution in [-0.4, -0.2) is 35.1 Å². The van der Waals surface area contributed by atoms with Gasteiger partial charge in [-0.3, -0.25) is 19.3 Å². The van der Waals surface area contributed by atoms with Gasteiger partial charge in [0.2, 0.25) is 5.91 Å². The fraction of sp³-hybridized carbons (Fsp3) is 0.219. The average molecular weight is 534 g/mol. The van der Waals surface area contributed by atoms with Gasteiger partial charge in [0.05, 0.1) is 5.92 Å². The second-order valence-electron chi connectivity index (χ2n) is 11.0. The molecule has 0 unspecified atom stereocenters. The van der Waals surface area contributed by atoms with Crippen molar-refractivity contribution in [2.75, 3.05) is 17.2 Å². The van der Waals surface area contributed by atoms with Gasteiger partial charge in [-0.2, -0.15) is 0 Å². The fourth-order valence-electron chi connectivity index (χ4n) is 8.07. The van der Waals surface area contributed by atoms with Crippen LogP contribution in [0.5, 0.6) is 0 Å². The maximum Gasteiger partial charge on any atom is 0.251 e. The normalized spacial score (nSPS) is 28.5. The van der Waals surface area contributed by atoms with E-state index in [1.807, 2.05) is 66.7 Å². The Kier molecular flexibility index (Phi) is 4.57. The van der Waals surface area contributed by atoms with E-state index in [0.29, 0.717) is 46.1 Å². The molecule has 0 radical (unpaired) electrons. The van der Waals surface area contributed by atoms with Crippen molar-refractivity contribution in [2.45, 2.75) is 29.8 Å². The lowest BCUT2D eigenvalue weighted by Crippen LogP contribution is -2.62. The Bertz CT molecular complexity index is 1770. The number of rotatable bonds is 2. The van der Waals surface area contributed by atoms with Crippen LogP contribution in [0.2, 0.25) is 5.02 Å². The van der Waals surface area contributed by atoms with E-state index < -0.39 is 16.9 Å². The Morgan fingerprint density at radius 1 is 0.821 bits per heavy atom. The molecule has 4 aliphatic heterocycles. The van der Waals surface area contributed by atoms with Gasteiger partial charge in [-0.1, -0.05) is 66.2 Å². The molecule has 0 aliphatic carbocycles. The van der Waals surface area contributed by atoms with Crippen LogP contribution < -0.4 is 10.6 Å². The van der Waals surface area contributed by atoms with Crippen LogP contribution in [0.3, 0.4) is 0 Å². The molecule has 4 aromatic rings. The van der Waals surface area contributed by atoms with E-state index in [2.05, 4.69) is 15.5 Å². The third-order valence-corrected chi connectivity index (χ3v) is 9.61. The first-order valence-corrected chi connectivity index (χ1v) is 13.7. The molecule has 8 rings (SSSR count). The summed E-state index contributed by atoms with van der Waals surface area (Å²) in [5, 5.41) is 8.61. The monoisotopic (exact) mass is 533 g/mol. The maximum absolute atomic E-state index is 14.8. The number of amides is 2. The van der Waals surface area contributed by atoms with Gasteiger partial charge in [-0.25, -0.2) is 0 Å². The summed E-state index contributed by atoms with van der Waals surface area (Å²) < 4.78 is 0. The molecule has 0 aromatic heterocycles. The lowest BCUT2D eigenvalue weighted by molar-refractivity contribution is -0.137.